The molecule has 0 bridgehead atoms. The third-order valence-corrected chi connectivity index (χ3v) is 5.03. The van der Waals surface area contributed by atoms with E-state index in [1.807, 2.05) is 6.07 Å². The van der Waals surface area contributed by atoms with Gasteiger partial charge in [-0.25, -0.2) is 24.0 Å². The average Bonchev–Trinajstić information content (AvgIpc) is 3.30. The minimum absolute atomic E-state index is 0.0439. The lowest BCUT2D eigenvalue weighted by Crippen LogP contribution is -2.43. The number of aromatic nitrogens is 5. The first-order chi connectivity index (χ1) is 14.2. The van der Waals surface area contributed by atoms with Gasteiger partial charge >= 0.3 is 0 Å². The Kier molecular flexibility index (Phi) is 5.73. The van der Waals surface area contributed by atoms with Crippen molar-refractivity contribution >= 4 is 11.7 Å². The van der Waals surface area contributed by atoms with Crippen LogP contribution in [0.2, 0.25) is 0 Å². The molecule has 0 radical (unpaired) electrons. The van der Waals surface area contributed by atoms with Crippen LogP contribution < -0.4 is 10.2 Å². The first kappa shape index (κ1) is 19.0. The van der Waals surface area contributed by atoms with Gasteiger partial charge in [-0.3, -0.25) is 4.79 Å². The lowest BCUT2D eigenvalue weighted by atomic mass is 9.97. The molecule has 1 saturated heterocycles. The minimum atomic E-state index is -0.253. The molecule has 8 nitrogen and oxygen atoms in total. The lowest BCUT2D eigenvalue weighted by molar-refractivity contribution is -0.125. The van der Waals surface area contributed by atoms with Crippen molar-refractivity contribution in [3.63, 3.8) is 0 Å². The third kappa shape index (κ3) is 4.74. The highest BCUT2D eigenvalue weighted by molar-refractivity contribution is 5.79. The Labute approximate surface area is 167 Å². The highest BCUT2D eigenvalue weighted by atomic mass is 19.1. The summed E-state index contributed by atoms with van der Waals surface area (Å²) in [6, 6.07) is 8.21. The van der Waals surface area contributed by atoms with E-state index in [0.29, 0.717) is 25.3 Å². The molecular formula is C20H22FN7O. The van der Waals surface area contributed by atoms with Crippen LogP contribution in [0.15, 0.2) is 49.3 Å². The Morgan fingerprint density at radius 3 is 2.79 bits per heavy atom. The van der Waals surface area contributed by atoms with Gasteiger partial charge in [-0.05, 0) is 37.0 Å². The molecule has 9 heteroatoms. The molecule has 0 aliphatic carbocycles. The molecule has 3 heterocycles. The van der Waals surface area contributed by atoms with Crippen LogP contribution in [0, 0.1) is 11.7 Å². The Hall–Kier alpha value is -3.36. The molecule has 29 heavy (non-hydrogen) atoms. The van der Waals surface area contributed by atoms with E-state index in [2.05, 4.69) is 30.3 Å². The third-order valence-electron chi connectivity index (χ3n) is 5.03. The van der Waals surface area contributed by atoms with Crippen LogP contribution in [0.4, 0.5) is 10.2 Å². The SMILES string of the molecule is O=C(NCCc1ccc(F)cc1)C1CCCN(c2cc(-n3cncn3)ncn2)C1. The van der Waals surface area contributed by atoms with Gasteiger partial charge in [0.25, 0.3) is 0 Å². The molecule has 1 aliphatic heterocycles. The number of carbonyl (C=O) groups is 1. The molecule has 1 fully saturated rings. The summed E-state index contributed by atoms with van der Waals surface area (Å²) in [5.74, 6) is 1.11. The summed E-state index contributed by atoms with van der Waals surface area (Å²) in [5, 5.41) is 7.10. The predicted octanol–water partition coefficient (Wildman–Crippen LogP) is 1.77. The molecule has 3 aromatic rings. The Morgan fingerprint density at radius 1 is 1.17 bits per heavy atom. The van der Waals surface area contributed by atoms with E-state index in [1.165, 1.54) is 24.8 Å². The number of rotatable bonds is 6. The molecule has 1 aliphatic rings. The topological polar surface area (TPSA) is 88.8 Å². The zero-order chi connectivity index (χ0) is 20.1. The van der Waals surface area contributed by atoms with Crippen molar-refractivity contribution in [3.8, 4) is 5.82 Å². The fourth-order valence-electron chi connectivity index (χ4n) is 3.49. The molecule has 1 atom stereocenters. The van der Waals surface area contributed by atoms with Crippen LogP contribution in [0.25, 0.3) is 5.82 Å². The van der Waals surface area contributed by atoms with Gasteiger partial charge in [-0.2, -0.15) is 5.10 Å². The summed E-state index contributed by atoms with van der Waals surface area (Å²) < 4.78 is 14.5. The maximum Gasteiger partial charge on any atom is 0.224 e. The maximum atomic E-state index is 13.0. The number of hydrogen-bond acceptors (Lipinski definition) is 6. The molecule has 1 amide bonds. The van der Waals surface area contributed by atoms with Gasteiger partial charge in [0.2, 0.25) is 5.91 Å². The van der Waals surface area contributed by atoms with Crippen LogP contribution in [-0.2, 0) is 11.2 Å². The van der Waals surface area contributed by atoms with Gasteiger partial charge < -0.3 is 10.2 Å². The molecule has 1 unspecified atom stereocenters. The van der Waals surface area contributed by atoms with Crippen LogP contribution in [0.3, 0.4) is 0 Å². The number of anilines is 1. The van der Waals surface area contributed by atoms with Gasteiger partial charge in [0.15, 0.2) is 5.82 Å². The fourth-order valence-corrected chi connectivity index (χ4v) is 3.49. The van der Waals surface area contributed by atoms with E-state index in [9.17, 15) is 9.18 Å². The Balaban J connectivity index is 1.33. The molecule has 1 aromatic carbocycles. The van der Waals surface area contributed by atoms with Crippen molar-refractivity contribution in [2.24, 2.45) is 5.92 Å². The second-order valence-corrected chi connectivity index (χ2v) is 7.03. The van der Waals surface area contributed by atoms with Crippen LogP contribution in [-0.4, -0.2) is 50.3 Å². The highest BCUT2D eigenvalue weighted by Crippen LogP contribution is 2.22. The second kappa shape index (κ2) is 8.76. The van der Waals surface area contributed by atoms with E-state index < -0.39 is 0 Å². The number of nitrogens with one attached hydrogen (secondary N) is 1. The number of piperidine rings is 1. The van der Waals surface area contributed by atoms with Gasteiger partial charge in [0, 0.05) is 25.7 Å². The number of benzene rings is 1. The molecule has 0 spiro atoms. The summed E-state index contributed by atoms with van der Waals surface area (Å²) >= 11 is 0. The van der Waals surface area contributed by atoms with E-state index in [1.54, 1.807) is 23.1 Å². The number of halogens is 1. The van der Waals surface area contributed by atoms with Crippen molar-refractivity contribution in [2.75, 3.05) is 24.5 Å². The van der Waals surface area contributed by atoms with Gasteiger partial charge in [0.1, 0.15) is 30.6 Å². The minimum Gasteiger partial charge on any atom is -0.356 e. The quantitative estimate of drug-likeness (QED) is 0.684. The van der Waals surface area contributed by atoms with Crippen molar-refractivity contribution < 1.29 is 9.18 Å². The van der Waals surface area contributed by atoms with E-state index in [-0.39, 0.29) is 17.6 Å². The highest BCUT2D eigenvalue weighted by Gasteiger charge is 2.26. The summed E-state index contributed by atoms with van der Waals surface area (Å²) in [4.78, 5) is 27.3. The van der Waals surface area contributed by atoms with E-state index in [4.69, 9.17) is 0 Å². The van der Waals surface area contributed by atoms with Gasteiger partial charge in [-0.1, -0.05) is 12.1 Å². The zero-order valence-corrected chi connectivity index (χ0v) is 15.9. The van der Waals surface area contributed by atoms with Crippen LogP contribution in [0.1, 0.15) is 18.4 Å². The van der Waals surface area contributed by atoms with E-state index >= 15 is 0 Å². The van der Waals surface area contributed by atoms with E-state index in [0.717, 1.165) is 30.8 Å². The molecule has 0 saturated carbocycles. The largest absolute Gasteiger partial charge is 0.356 e. The fraction of sp³-hybridized carbons (Fsp3) is 0.350. The average molecular weight is 395 g/mol. The van der Waals surface area contributed by atoms with Crippen LogP contribution in [0.5, 0.6) is 0 Å². The summed E-state index contributed by atoms with van der Waals surface area (Å²) in [5.41, 5.74) is 0.999. The number of carbonyl (C=O) groups excluding carboxylic acids is 1. The van der Waals surface area contributed by atoms with Crippen molar-refractivity contribution in [1.82, 2.24) is 30.0 Å². The standard InChI is InChI=1S/C20H22FN7O/c21-17-5-3-15(4-6-17)7-8-23-20(29)16-2-1-9-27(11-16)18-10-19(25-13-24-18)28-14-22-12-26-28/h3-6,10,12-14,16H,1-2,7-9,11H2,(H,23,29). The van der Waals surface area contributed by atoms with Crippen molar-refractivity contribution in [3.05, 3.63) is 60.7 Å². The summed E-state index contributed by atoms with van der Waals surface area (Å²) in [6.07, 6.45) is 6.97. The van der Waals surface area contributed by atoms with Gasteiger partial charge in [0.05, 0.1) is 5.92 Å². The number of nitrogens with zero attached hydrogens (tertiary/aromatic N) is 6. The first-order valence-electron chi connectivity index (χ1n) is 9.63. The monoisotopic (exact) mass is 395 g/mol. The zero-order valence-electron chi connectivity index (χ0n) is 15.9. The second-order valence-electron chi connectivity index (χ2n) is 7.03. The van der Waals surface area contributed by atoms with Crippen molar-refractivity contribution in [2.45, 2.75) is 19.3 Å². The molecule has 150 valence electrons. The number of amides is 1. The normalized spacial score (nSPS) is 16.6. The summed E-state index contributed by atoms with van der Waals surface area (Å²) in [7, 11) is 0. The lowest BCUT2D eigenvalue weighted by Gasteiger charge is -2.32. The van der Waals surface area contributed by atoms with Crippen LogP contribution >= 0.6 is 0 Å². The molecular weight excluding hydrogens is 373 g/mol. The molecule has 1 N–H and O–H groups in total. The van der Waals surface area contributed by atoms with Gasteiger partial charge in [-0.15, -0.1) is 0 Å². The Morgan fingerprint density at radius 2 is 2.00 bits per heavy atom. The molecule has 2 aromatic heterocycles. The predicted molar refractivity (Wildman–Crippen MR) is 105 cm³/mol. The maximum absolute atomic E-state index is 13.0. The smallest absolute Gasteiger partial charge is 0.224 e. The molecule has 4 rings (SSSR count). The first-order valence-corrected chi connectivity index (χ1v) is 9.63. The Bertz CT molecular complexity index is 946. The number of hydrogen-bond donors (Lipinski definition) is 1. The van der Waals surface area contributed by atoms with Crippen molar-refractivity contribution in [1.29, 1.82) is 0 Å². The summed E-state index contributed by atoms with van der Waals surface area (Å²) in [6.45, 7) is 1.98.